The predicted molar refractivity (Wildman–Crippen MR) is 104 cm³/mol. The van der Waals surface area contributed by atoms with E-state index < -0.39 is 0 Å². The summed E-state index contributed by atoms with van der Waals surface area (Å²) in [6, 6.07) is 16.1. The van der Waals surface area contributed by atoms with E-state index in [4.69, 9.17) is 21.1 Å². The van der Waals surface area contributed by atoms with Crippen molar-refractivity contribution in [3.05, 3.63) is 88.7 Å². The minimum Gasteiger partial charge on any atom is -0.493 e. The lowest BCUT2D eigenvalue weighted by Crippen LogP contribution is -2.22. The highest BCUT2D eigenvalue weighted by Crippen LogP contribution is 2.28. The van der Waals surface area contributed by atoms with Crippen molar-refractivity contribution in [1.82, 2.24) is 10.3 Å². The normalized spacial score (nSPS) is 10.3. The standard InChI is InChI=1S/C21H19ClN2O3/c1-26-20-12-16(13-24-21(25)17-3-5-18(22)6-4-17)2-7-19(20)27-14-15-8-10-23-11-9-15/h2-12H,13-14H2,1H3,(H,24,25). The first-order valence-corrected chi connectivity index (χ1v) is 8.76. The number of methoxy groups -OCH3 is 1. The van der Waals surface area contributed by atoms with Crippen LogP contribution in [0.3, 0.4) is 0 Å². The molecular weight excluding hydrogens is 364 g/mol. The third-order valence-electron chi connectivity index (χ3n) is 3.93. The Morgan fingerprint density at radius 1 is 1.00 bits per heavy atom. The average Bonchev–Trinajstić information content (AvgIpc) is 2.72. The van der Waals surface area contributed by atoms with Crippen molar-refractivity contribution in [2.45, 2.75) is 13.2 Å². The molecule has 0 fully saturated rings. The second-order valence-electron chi connectivity index (χ2n) is 5.82. The van der Waals surface area contributed by atoms with Crippen LogP contribution in [0, 0.1) is 0 Å². The molecule has 0 bridgehead atoms. The van der Waals surface area contributed by atoms with Gasteiger partial charge in [-0.3, -0.25) is 9.78 Å². The molecule has 1 N–H and O–H groups in total. The Balaban J connectivity index is 1.61. The number of pyridine rings is 1. The number of amides is 1. The fourth-order valence-electron chi connectivity index (χ4n) is 2.47. The Morgan fingerprint density at radius 3 is 2.44 bits per heavy atom. The largest absolute Gasteiger partial charge is 0.493 e. The van der Waals surface area contributed by atoms with Crippen molar-refractivity contribution in [3.8, 4) is 11.5 Å². The molecule has 0 atom stereocenters. The second-order valence-corrected chi connectivity index (χ2v) is 6.26. The van der Waals surface area contributed by atoms with Crippen LogP contribution in [0.2, 0.25) is 5.02 Å². The molecule has 1 aromatic heterocycles. The average molecular weight is 383 g/mol. The third kappa shape index (κ3) is 5.21. The first-order valence-electron chi connectivity index (χ1n) is 8.38. The van der Waals surface area contributed by atoms with Gasteiger partial charge in [0.2, 0.25) is 0 Å². The summed E-state index contributed by atoms with van der Waals surface area (Å²) in [5.41, 5.74) is 2.49. The number of carbonyl (C=O) groups excluding carboxylic acids is 1. The molecule has 0 radical (unpaired) electrons. The first-order chi connectivity index (χ1) is 13.2. The van der Waals surface area contributed by atoms with Crippen molar-refractivity contribution in [3.63, 3.8) is 0 Å². The fourth-order valence-corrected chi connectivity index (χ4v) is 2.59. The minimum atomic E-state index is -0.163. The molecule has 0 saturated heterocycles. The summed E-state index contributed by atoms with van der Waals surface area (Å²) in [6.07, 6.45) is 3.45. The maximum absolute atomic E-state index is 12.2. The number of benzene rings is 2. The molecule has 0 aliphatic rings. The first kappa shape index (κ1) is 18.7. The summed E-state index contributed by atoms with van der Waals surface area (Å²) in [7, 11) is 1.59. The van der Waals surface area contributed by atoms with E-state index in [9.17, 15) is 4.79 Å². The highest BCUT2D eigenvalue weighted by molar-refractivity contribution is 6.30. The number of hydrogen-bond acceptors (Lipinski definition) is 4. The number of rotatable bonds is 7. The monoisotopic (exact) mass is 382 g/mol. The molecule has 5 nitrogen and oxygen atoms in total. The van der Waals surface area contributed by atoms with E-state index in [1.165, 1.54) is 0 Å². The lowest BCUT2D eigenvalue weighted by Gasteiger charge is -2.13. The molecule has 2 aromatic carbocycles. The van der Waals surface area contributed by atoms with Crippen molar-refractivity contribution in [2.24, 2.45) is 0 Å². The topological polar surface area (TPSA) is 60.5 Å². The van der Waals surface area contributed by atoms with Gasteiger partial charge in [-0.2, -0.15) is 0 Å². The van der Waals surface area contributed by atoms with E-state index in [1.54, 1.807) is 43.8 Å². The molecule has 6 heteroatoms. The zero-order chi connectivity index (χ0) is 19.1. The molecule has 0 spiro atoms. The highest BCUT2D eigenvalue weighted by atomic mass is 35.5. The minimum absolute atomic E-state index is 0.163. The van der Waals surface area contributed by atoms with Gasteiger partial charge in [0, 0.05) is 29.5 Å². The van der Waals surface area contributed by atoms with Crippen LogP contribution in [-0.4, -0.2) is 18.0 Å². The number of carbonyl (C=O) groups is 1. The van der Waals surface area contributed by atoms with Crippen LogP contribution in [0.4, 0.5) is 0 Å². The van der Waals surface area contributed by atoms with Gasteiger partial charge in [-0.1, -0.05) is 17.7 Å². The molecule has 138 valence electrons. The number of nitrogens with zero attached hydrogens (tertiary/aromatic N) is 1. The molecule has 0 aliphatic heterocycles. The second kappa shape index (κ2) is 9.05. The Kier molecular flexibility index (Phi) is 6.28. The van der Waals surface area contributed by atoms with Crippen LogP contribution in [0.5, 0.6) is 11.5 Å². The van der Waals surface area contributed by atoms with Gasteiger partial charge in [-0.05, 0) is 59.7 Å². The van der Waals surface area contributed by atoms with E-state index in [0.717, 1.165) is 11.1 Å². The van der Waals surface area contributed by atoms with Crippen molar-refractivity contribution in [1.29, 1.82) is 0 Å². The summed E-state index contributed by atoms with van der Waals surface area (Å²) < 4.78 is 11.2. The maximum Gasteiger partial charge on any atom is 0.251 e. The van der Waals surface area contributed by atoms with Crippen LogP contribution in [0.1, 0.15) is 21.5 Å². The van der Waals surface area contributed by atoms with Crippen LogP contribution < -0.4 is 14.8 Å². The van der Waals surface area contributed by atoms with E-state index in [-0.39, 0.29) is 5.91 Å². The summed E-state index contributed by atoms with van der Waals surface area (Å²) in [5.74, 6) is 1.09. The van der Waals surface area contributed by atoms with Gasteiger partial charge in [-0.15, -0.1) is 0 Å². The lowest BCUT2D eigenvalue weighted by molar-refractivity contribution is 0.0951. The lowest BCUT2D eigenvalue weighted by atomic mass is 10.1. The molecule has 0 unspecified atom stereocenters. The maximum atomic E-state index is 12.2. The summed E-state index contributed by atoms with van der Waals surface area (Å²) in [6.45, 7) is 0.800. The van der Waals surface area contributed by atoms with Gasteiger partial charge in [0.15, 0.2) is 11.5 Å². The van der Waals surface area contributed by atoms with E-state index in [0.29, 0.717) is 35.2 Å². The molecule has 0 saturated carbocycles. The predicted octanol–water partition coefficient (Wildman–Crippen LogP) is 4.25. The van der Waals surface area contributed by atoms with Gasteiger partial charge >= 0.3 is 0 Å². The quantitative estimate of drug-likeness (QED) is 0.663. The van der Waals surface area contributed by atoms with Gasteiger partial charge in [0.05, 0.1) is 7.11 Å². The molecule has 27 heavy (non-hydrogen) atoms. The van der Waals surface area contributed by atoms with Crippen LogP contribution in [-0.2, 0) is 13.2 Å². The number of aromatic nitrogens is 1. The Bertz CT molecular complexity index is 899. The number of hydrogen-bond donors (Lipinski definition) is 1. The fraction of sp³-hybridized carbons (Fsp3) is 0.143. The molecule has 1 amide bonds. The number of halogens is 1. The zero-order valence-electron chi connectivity index (χ0n) is 14.8. The summed E-state index contributed by atoms with van der Waals surface area (Å²) in [4.78, 5) is 16.2. The van der Waals surface area contributed by atoms with Gasteiger partial charge in [0.1, 0.15) is 6.61 Å². The molecule has 0 aliphatic carbocycles. The van der Waals surface area contributed by atoms with Gasteiger partial charge < -0.3 is 14.8 Å². The summed E-state index contributed by atoms with van der Waals surface area (Å²) >= 11 is 5.84. The molecular formula is C21H19ClN2O3. The van der Waals surface area contributed by atoms with Crippen molar-refractivity contribution >= 4 is 17.5 Å². The van der Waals surface area contributed by atoms with E-state index in [1.807, 2.05) is 30.3 Å². The van der Waals surface area contributed by atoms with Crippen LogP contribution >= 0.6 is 11.6 Å². The van der Waals surface area contributed by atoms with Crippen LogP contribution in [0.25, 0.3) is 0 Å². The highest BCUT2D eigenvalue weighted by Gasteiger charge is 2.09. The number of ether oxygens (including phenoxy) is 2. The SMILES string of the molecule is COc1cc(CNC(=O)c2ccc(Cl)cc2)ccc1OCc1ccncc1. The van der Waals surface area contributed by atoms with Crippen LogP contribution in [0.15, 0.2) is 67.0 Å². The molecule has 1 heterocycles. The zero-order valence-corrected chi connectivity index (χ0v) is 15.6. The molecule has 3 aromatic rings. The van der Waals surface area contributed by atoms with E-state index >= 15 is 0 Å². The molecule has 3 rings (SSSR count). The Labute approximate surface area is 162 Å². The van der Waals surface area contributed by atoms with E-state index in [2.05, 4.69) is 10.3 Å². The number of nitrogens with one attached hydrogen (secondary N) is 1. The summed E-state index contributed by atoms with van der Waals surface area (Å²) in [5, 5.41) is 3.47. The Morgan fingerprint density at radius 2 is 1.74 bits per heavy atom. The van der Waals surface area contributed by atoms with Crippen molar-refractivity contribution < 1.29 is 14.3 Å². The van der Waals surface area contributed by atoms with Crippen molar-refractivity contribution in [2.75, 3.05) is 7.11 Å². The van der Waals surface area contributed by atoms with Gasteiger partial charge in [0.25, 0.3) is 5.91 Å². The van der Waals surface area contributed by atoms with Gasteiger partial charge in [-0.25, -0.2) is 0 Å². The third-order valence-corrected chi connectivity index (χ3v) is 4.18. The smallest absolute Gasteiger partial charge is 0.251 e. The Hall–Kier alpha value is -3.05.